The molecule has 0 saturated carbocycles. The van der Waals surface area contributed by atoms with Crippen LogP contribution < -0.4 is 0 Å². The zero-order valence-corrected chi connectivity index (χ0v) is 8.36. The van der Waals surface area contributed by atoms with Gasteiger partial charge in [-0.3, -0.25) is 4.79 Å². The first kappa shape index (κ1) is 5.14. The van der Waals surface area contributed by atoms with Gasteiger partial charge in [0.25, 0.3) is 0 Å². The van der Waals surface area contributed by atoms with E-state index in [2.05, 4.69) is 4.98 Å². The van der Waals surface area contributed by atoms with Crippen LogP contribution in [-0.4, -0.2) is 22.1 Å². The van der Waals surface area contributed by atoms with Gasteiger partial charge in [0, 0.05) is 33.0 Å². The molecule has 0 spiro atoms. The normalized spacial score (nSPS) is 38.2. The van der Waals surface area contributed by atoms with Gasteiger partial charge >= 0.3 is 5.97 Å². The van der Waals surface area contributed by atoms with Crippen molar-refractivity contribution < 1.29 is 17.8 Å². The van der Waals surface area contributed by atoms with Crippen LogP contribution in [0.2, 0.25) is 0 Å². The second-order valence-electron chi connectivity index (χ2n) is 3.37. The molecule has 2 atom stereocenters. The molecule has 4 nitrogen and oxygen atoms in total. The number of aryl methyl sites for hydroxylation is 1. The topological polar surface area (TPSA) is 44.1 Å². The molecule has 0 aromatic carbocycles. The lowest BCUT2D eigenvalue weighted by Gasteiger charge is -2.12. The minimum absolute atomic E-state index is 0.240. The van der Waals surface area contributed by atoms with Crippen molar-refractivity contribution in [3.8, 4) is 0 Å². The van der Waals surface area contributed by atoms with Crippen molar-refractivity contribution in [3.63, 3.8) is 0 Å². The summed E-state index contributed by atoms with van der Waals surface area (Å²) < 4.78 is 52.7. The van der Waals surface area contributed by atoms with Crippen molar-refractivity contribution in [1.29, 1.82) is 0 Å². The number of ether oxygens (including phenoxy) is 1. The van der Waals surface area contributed by atoms with Gasteiger partial charge < -0.3 is 9.30 Å². The Labute approximate surface area is 97.7 Å². The van der Waals surface area contributed by atoms with E-state index >= 15 is 0 Å². The Morgan fingerprint density at radius 1 is 1.93 bits per heavy atom. The molecule has 0 aliphatic carbocycles. The number of esters is 1. The molecule has 1 aliphatic heterocycles. The van der Waals surface area contributed by atoms with Gasteiger partial charge in [-0.25, -0.2) is 4.98 Å². The Bertz CT molecular complexity index is 555. The Kier molecular flexibility index (Phi) is 1.39. The maximum Gasteiger partial charge on any atom is 0.309 e. The first-order valence-corrected chi connectivity index (χ1v) is 4.75. The summed E-state index contributed by atoms with van der Waals surface area (Å²) in [6.45, 7) is -1.36. The average Bonchev–Trinajstić information content (AvgIpc) is 2.95. The first-order valence-electron chi connectivity index (χ1n) is 7.75. The standard InChI is InChI=1S/C11H16N2O2/c1-3-10-8(6-15-11(10)14)4-9-5-12-7-13(9)2/h5,7-8,10H,3-4,6H2,1-2H3/t8-,10-/m0/s1/i2D3,4D2,8D. The number of cyclic esters (lactones) is 1. The van der Waals surface area contributed by atoms with E-state index in [0.29, 0.717) is 0 Å². The first-order chi connectivity index (χ1) is 9.55. The van der Waals surface area contributed by atoms with Crippen LogP contribution in [0, 0.1) is 11.8 Å². The molecule has 0 unspecified atom stereocenters. The van der Waals surface area contributed by atoms with Gasteiger partial charge in [-0.15, -0.1) is 0 Å². The molecule has 0 N–H and O–H groups in total. The largest absolute Gasteiger partial charge is 0.465 e. The smallest absolute Gasteiger partial charge is 0.309 e. The van der Waals surface area contributed by atoms with E-state index in [0.717, 1.165) is 17.1 Å². The molecule has 2 heterocycles. The quantitative estimate of drug-likeness (QED) is 0.709. The number of imidazole rings is 1. The fourth-order valence-electron chi connectivity index (χ4n) is 1.58. The second-order valence-corrected chi connectivity index (χ2v) is 3.37. The number of hydrogen-bond acceptors (Lipinski definition) is 3. The van der Waals surface area contributed by atoms with Crippen molar-refractivity contribution >= 4 is 5.97 Å². The van der Waals surface area contributed by atoms with Crippen molar-refractivity contribution in [2.24, 2.45) is 18.8 Å². The number of carbonyl (C=O) groups is 1. The molecule has 0 amide bonds. The van der Waals surface area contributed by atoms with Crippen LogP contribution in [0.5, 0.6) is 0 Å². The van der Waals surface area contributed by atoms with Crippen LogP contribution in [0.4, 0.5) is 0 Å². The molecule has 82 valence electrons. The lowest BCUT2D eigenvalue weighted by Crippen LogP contribution is -2.18. The van der Waals surface area contributed by atoms with Gasteiger partial charge in [-0.2, -0.15) is 0 Å². The lowest BCUT2D eigenvalue weighted by atomic mass is 9.89. The molecular weight excluding hydrogens is 192 g/mol. The van der Waals surface area contributed by atoms with E-state index in [-0.39, 0.29) is 12.1 Å². The van der Waals surface area contributed by atoms with Gasteiger partial charge in [0.2, 0.25) is 0 Å². The van der Waals surface area contributed by atoms with E-state index in [9.17, 15) is 4.79 Å². The van der Waals surface area contributed by atoms with Crippen LogP contribution in [0.15, 0.2) is 12.5 Å². The molecule has 2 rings (SSSR count). The van der Waals surface area contributed by atoms with Crippen molar-refractivity contribution in [3.05, 3.63) is 18.2 Å². The Morgan fingerprint density at radius 2 is 2.80 bits per heavy atom. The summed E-state index contributed by atoms with van der Waals surface area (Å²) in [6.07, 6.45) is -0.0746. The van der Waals surface area contributed by atoms with Crippen molar-refractivity contribution in [2.75, 3.05) is 6.61 Å². The highest BCUT2D eigenvalue weighted by atomic mass is 16.5. The summed E-state index contributed by atoms with van der Waals surface area (Å²) in [7, 11) is 0. The molecular formula is C11H16N2O2. The fourth-order valence-corrected chi connectivity index (χ4v) is 1.58. The van der Waals surface area contributed by atoms with E-state index < -0.39 is 37.7 Å². The minimum atomic E-state index is -2.61. The Hall–Kier alpha value is -1.32. The maximum atomic E-state index is 11.7. The number of rotatable bonds is 3. The Balaban J connectivity index is 2.52. The van der Waals surface area contributed by atoms with Gasteiger partial charge in [-0.05, 0) is 12.8 Å². The molecule has 0 bridgehead atoms. The molecule has 1 aromatic rings. The number of aromatic nitrogens is 2. The third-order valence-electron chi connectivity index (χ3n) is 2.41. The summed E-state index contributed by atoms with van der Waals surface area (Å²) >= 11 is 0. The summed E-state index contributed by atoms with van der Waals surface area (Å²) in [5.74, 6) is -3.47. The minimum Gasteiger partial charge on any atom is -0.465 e. The molecule has 4 heteroatoms. The molecule has 1 aliphatic rings. The highest BCUT2D eigenvalue weighted by molar-refractivity contribution is 5.74. The third-order valence-corrected chi connectivity index (χ3v) is 2.41. The van der Waals surface area contributed by atoms with Gasteiger partial charge in [0.15, 0.2) is 0 Å². The van der Waals surface area contributed by atoms with E-state index in [1.165, 1.54) is 0 Å². The molecule has 0 radical (unpaired) electrons. The zero-order valence-electron chi connectivity index (χ0n) is 14.4. The summed E-state index contributed by atoms with van der Waals surface area (Å²) in [5.41, 5.74) is -0.255. The Morgan fingerprint density at radius 3 is 3.53 bits per heavy atom. The number of carbonyl (C=O) groups excluding carboxylic acids is 1. The second kappa shape index (κ2) is 4.04. The van der Waals surface area contributed by atoms with Crippen molar-refractivity contribution in [1.82, 2.24) is 9.55 Å². The number of nitrogens with zero attached hydrogens (tertiary/aromatic N) is 2. The van der Waals surface area contributed by atoms with E-state index in [1.807, 2.05) is 0 Å². The van der Waals surface area contributed by atoms with Crippen LogP contribution in [0.3, 0.4) is 0 Å². The van der Waals surface area contributed by atoms with Crippen LogP contribution >= 0.6 is 0 Å². The predicted octanol–water partition coefficient (Wildman–Crippen LogP) is 1.16. The number of hydrogen-bond donors (Lipinski definition) is 0. The molecule has 1 saturated heterocycles. The van der Waals surface area contributed by atoms with E-state index in [1.54, 1.807) is 6.92 Å². The fraction of sp³-hybridized carbons (Fsp3) is 0.636. The van der Waals surface area contributed by atoms with Gasteiger partial charge in [-0.1, -0.05) is 6.92 Å². The van der Waals surface area contributed by atoms with Crippen LogP contribution in [0.25, 0.3) is 0 Å². The molecule has 15 heavy (non-hydrogen) atoms. The maximum absolute atomic E-state index is 11.7. The van der Waals surface area contributed by atoms with Gasteiger partial charge in [0.1, 0.15) is 0 Å². The third kappa shape index (κ3) is 1.89. The zero-order chi connectivity index (χ0) is 16.1. The average molecular weight is 214 g/mol. The van der Waals surface area contributed by atoms with Crippen LogP contribution in [-0.2, 0) is 22.9 Å². The molecule has 1 aromatic heterocycles. The van der Waals surface area contributed by atoms with Crippen molar-refractivity contribution in [2.45, 2.75) is 19.7 Å². The lowest BCUT2D eigenvalue weighted by molar-refractivity contribution is -0.141. The summed E-state index contributed by atoms with van der Waals surface area (Å²) in [4.78, 5) is 15.4. The van der Waals surface area contributed by atoms with E-state index in [4.69, 9.17) is 13.0 Å². The predicted molar refractivity (Wildman–Crippen MR) is 55.1 cm³/mol. The summed E-state index contributed by atoms with van der Waals surface area (Å²) in [5, 5.41) is 0. The SMILES string of the molecule is [2H]C([2H])([2H])n1cncc1C([2H])([2H])[C@@]1([2H])COC(=O)[C@H]1CC. The monoisotopic (exact) mass is 214 g/mol. The highest BCUT2D eigenvalue weighted by Gasteiger charge is 2.35. The summed E-state index contributed by atoms with van der Waals surface area (Å²) in [6, 6.07) is 0. The highest BCUT2D eigenvalue weighted by Crippen LogP contribution is 2.27. The molecule has 1 fully saturated rings. The van der Waals surface area contributed by atoms with Crippen LogP contribution in [0.1, 0.15) is 27.3 Å². The van der Waals surface area contributed by atoms with Gasteiger partial charge in [0.05, 0.1) is 18.9 Å².